The SMILES string of the molecule is C=C(C)[C@@H]1CC[C@]2(NC(CN3CCS(O)(O)CC3)C(F)(F)F)CC[C@]3(C)[C@H](CC[C@@H]4[C@@]5(C)CC=C(C6=CCC(CF)(C(=O)O)CC6)C(C)(C)[C@@H]5CC[C@]43C)[C@@H]12. The zero-order valence-electron chi connectivity index (χ0n) is 34.2. The van der Waals surface area contributed by atoms with Crippen molar-refractivity contribution in [1.29, 1.82) is 0 Å². The normalized spacial score (nSPS) is 45.1. The molecule has 0 bridgehead atoms. The highest BCUT2D eigenvalue weighted by Crippen LogP contribution is 2.76. The highest BCUT2D eigenvalue weighted by molar-refractivity contribution is 8.24. The molecule has 11 heteroatoms. The van der Waals surface area contributed by atoms with E-state index in [1.54, 1.807) is 4.90 Å². The fourth-order valence-corrected chi connectivity index (χ4v) is 16.2. The summed E-state index contributed by atoms with van der Waals surface area (Å²) in [7, 11) is -2.70. The third kappa shape index (κ3) is 6.53. The molecule has 7 rings (SSSR count). The second-order valence-electron chi connectivity index (χ2n) is 20.8. The van der Waals surface area contributed by atoms with Crippen molar-refractivity contribution in [3.63, 3.8) is 0 Å². The number of nitrogens with zero attached hydrogens (tertiary/aromatic N) is 1. The average Bonchev–Trinajstić information content (AvgIpc) is 3.48. The van der Waals surface area contributed by atoms with Crippen molar-refractivity contribution in [2.24, 2.45) is 56.7 Å². The van der Waals surface area contributed by atoms with Gasteiger partial charge >= 0.3 is 12.1 Å². The van der Waals surface area contributed by atoms with E-state index in [1.807, 2.05) is 6.08 Å². The van der Waals surface area contributed by atoms with Crippen molar-refractivity contribution >= 4 is 16.6 Å². The molecule has 0 radical (unpaired) electrons. The number of alkyl halides is 4. The molecule has 1 saturated heterocycles. The van der Waals surface area contributed by atoms with E-state index in [0.717, 1.165) is 50.5 Å². The van der Waals surface area contributed by atoms with Crippen LogP contribution in [0.2, 0.25) is 0 Å². The van der Waals surface area contributed by atoms with Gasteiger partial charge in [-0.25, -0.2) is 4.39 Å². The van der Waals surface area contributed by atoms with Crippen LogP contribution in [0.1, 0.15) is 119 Å². The molecule has 0 aromatic rings. The summed E-state index contributed by atoms with van der Waals surface area (Å²) >= 11 is 0. The summed E-state index contributed by atoms with van der Waals surface area (Å²) in [6.45, 7) is 18.3. The van der Waals surface area contributed by atoms with Gasteiger partial charge in [0.15, 0.2) is 0 Å². The molecule has 6 aliphatic carbocycles. The first kappa shape index (κ1) is 41.7. The molecule has 4 saturated carbocycles. The van der Waals surface area contributed by atoms with E-state index in [0.29, 0.717) is 37.5 Å². The van der Waals surface area contributed by atoms with Gasteiger partial charge in [-0.15, -0.1) is 0 Å². The molecule has 5 fully saturated rings. The summed E-state index contributed by atoms with van der Waals surface area (Å²) in [4.78, 5) is 13.8. The molecule has 0 spiro atoms. The van der Waals surface area contributed by atoms with E-state index in [1.165, 1.54) is 11.1 Å². The number of rotatable bonds is 8. The Labute approximate surface area is 328 Å². The van der Waals surface area contributed by atoms with Crippen molar-refractivity contribution < 1.29 is 36.6 Å². The Morgan fingerprint density at radius 2 is 1.64 bits per heavy atom. The van der Waals surface area contributed by atoms with Gasteiger partial charge in [0.25, 0.3) is 0 Å². The molecule has 0 aromatic carbocycles. The first-order valence-corrected chi connectivity index (χ1v) is 23.0. The fraction of sp³-hybridized carbons (Fsp3) is 0.841. The Balaban J connectivity index is 1.17. The molecule has 1 aliphatic heterocycles. The summed E-state index contributed by atoms with van der Waals surface area (Å²) in [5, 5.41) is 13.2. The van der Waals surface area contributed by atoms with Gasteiger partial charge in [-0.2, -0.15) is 23.8 Å². The highest BCUT2D eigenvalue weighted by Gasteiger charge is 2.71. The second kappa shape index (κ2) is 13.8. The number of fused-ring (bicyclic) bond motifs is 7. The average molecular weight is 797 g/mol. The molecule has 4 N–H and O–H groups in total. The summed E-state index contributed by atoms with van der Waals surface area (Å²) in [6, 6.07) is -1.69. The molecule has 2 unspecified atom stereocenters. The summed E-state index contributed by atoms with van der Waals surface area (Å²) in [5.41, 5.74) is 1.54. The van der Waals surface area contributed by atoms with Gasteiger partial charge < -0.3 is 5.11 Å². The maximum atomic E-state index is 15.0. The Hall–Kier alpha value is -1.40. The Morgan fingerprint density at radius 1 is 0.945 bits per heavy atom. The van der Waals surface area contributed by atoms with Crippen LogP contribution in [0, 0.1) is 56.7 Å². The number of nitrogens with one attached hydrogen (secondary N) is 1. The van der Waals surface area contributed by atoms with Crippen LogP contribution in [0.25, 0.3) is 0 Å². The van der Waals surface area contributed by atoms with E-state index < -0.39 is 46.4 Å². The van der Waals surface area contributed by atoms with Crippen LogP contribution in [0.3, 0.4) is 0 Å². The molecule has 7 aliphatic rings. The molecular formula is C44H68F4N2O4S. The van der Waals surface area contributed by atoms with Crippen LogP contribution in [0.4, 0.5) is 17.6 Å². The zero-order chi connectivity index (χ0) is 40.2. The third-order valence-electron chi connectivity index (χ3n) is 18.1. The predicted octanol–water partition coefficient (Wildman–Crippen LogP) is 10.7. The molecule has 1 heterocycles. The number of aliphatic carboxylic acids is 1. The monoisotopic (exact) mass is 796 g/mol. The highest BCUT2D eigenvalue weighted by atomic mass is 32.3. The molecule has 312 valence electrons. The van der Waals surface area contributed by atoms with E-state index in [2.05, 4.69) is 59.5 Å². The van der Waals surface area contributed by atoms with Gasteiger partial charge in [0.2, 0.25) is 0 Å². The van der Waals surface area contributed by atoms with Crippen LogP contribution in [-0.4, -0.2) is 80.7 Å². The third-order valence-corrected chi connectivity index (χ3v) is 19.8. The number of hydrogen-bond donors (Lipinski definition) is 4. The van der Waals surface area contributed by atoms with Crippen molar-refractivity contribution in [2.45, 2.75) is 136 Å². The quantitative estimate of drug-likeness (QED) is 0.144. The molecule has 55 heavy (non-hydrogen) atoms. The number of carboxylic acids is 1. The van der Waals surface area contributed by atoms with E-state index in [9.17, 15) is 23.4 Å². The molecular weight excluding hydrogens is 729 g/mol. The van der Waals surface area contributed by atoms with Crippen molar-refractivity contribution in [1.82, 2.24) is 10.2 Å². The van der Waals surface area contributed by atoms with E-state index >= 15 is 13.2 Å². The molecule has 6 nitrogen and oxygen atoms in total. The lowest BCUT2D eigenvalue weighted by molar-refractivity contribution is -0.225. The van der Waals surface area contributed by atoms with Gasteiger partial charge in [-0.3, -0.25) is 24.1 Å². The number of carbonyl (C=O) groups is 1. The predicted molar refractivity (Wildman–Crippen MR) is 213 cm³/mol. The number of allylic oxidation sites excluding steroid dienone is 5. The van der Waals surface area contributed by atoms with Gasteiger partial charge in [-0.05, 0) is 146 Å². The minimum Gasteiger partial charge on any atom is -0.481 e. The van der Waals surface area contributed by atoms with E-state index in [4.69, 9.17) is 0 Å². The minimum absolute atomic E-state index is 0.0178. The van der Waals surface area contributed by atoms with Crippen molar-refractivity contribution in [2.75, 3.05) is 37.8 Å². The second-order valence-corrected chi connectivity index (χ2v) is 23.2. The Morgan fingerprint density at radius 3 is 2.22 bits per heavy atom. The lowest BCUT2D eigenvalue weighted by atomic mass is 9.33. The maximum Gasteiger partial charge on any atom is 0.405 e. The van der Waals surface area contributed by atoms with Crippen LogP contribution in [0.15, 0.2) is 35.5 Å². The first-order valence-electron chi connectivity index (χ1n) is 21.1. The van der Waals surface area contributed by atoms with Crippen LogP contribution in [0.5, 0.6) is 0 Å². The Bertz CT molecular complexity index is 1600. The van der Waals surface area contributed by atoms with Crippen LogP contribution in [-0.2, 0) is 4.79 Å². The maximum absolute atomic E-state index is 15.0. The lowest BCUT2D eigenvalue weighted by Crippen LogP contribution is -2.70. The molecule has 11 atom stereocenters. The van der Waals surface area contributed by atoms with Crippen molar-refractivity contribution in [3.8, 4) is 0 Å². The largest absolute Gasteiger partial charge is 0.481 e. The first-order chi connectivity index (χ1) is 25.5. The smallest absolute Gasteiger partial charge is 0.405 e. The van der Waals surface area contributed by atoms with Gasteiger partial charge in [0.1, 0.15) is 12.7 Å². The van der Waals surface area contributed by atoms with E-state index in [-0.39, 0.29) is 77.0 Å². The van der Waals surface area contributed by atoms with Gasteiger partial charge in [-0.1, -0.05) is 58.9 Å². The van der Waals surface area contributed by atoms with Crippen LogP contribution >= 0.6 is 10.6 Å². The lowest BCUT2D eigenvalue weighted by Gasteiger charge is -2.72. The summed E-state index contributed by atoms with van der Waals surface area (Å²) in [5.74, 6) is 0.609. The molecule has 0 aromatic heterocycles. The minimum atomic E-state index is -4.43. The molecule has 0 amide bonds. The topological polar surface area (TPSA) is 93.0 Å². The Kier molecular flexibility index (Phi) is 10.5. The van der Waals surface area contributed by atoms with Crippen LogP contribution < -0.4 is 5.32 Å². The van der Waals surface area contributed by atoms with Gasteiger partial charge in [0.05, 0.1) is 16.9 Å². The van der Waals surface area contributed by atoms with Gasteiger partial charge in [0, 0.05) is 25.2 Å². The number of hydrogen-bond acceptors (Lipinski definition) is 5. The standard InChI is InChI=1S/C44H68F4N2O4S/c1-28(2)30-12-19-43(49-35(44(46,47)48)26-50-22-24-55(53,54)25-23-50)21-20-40(6)32(36(30)43)8-9-34-39(5)15-13-31(38(3,4)33(39)14-16-41(34,40)7)29-10-17-42(27-45,18-11-29)37(51)52/h10,13,30,32-36,49,53-54H,1,8-9,11-12,14-27H2,2-7H3,(H,51,52)/t30-,32+,33-,34+,35?,36+,39-,40+,41+,42?,43-/m0/s1. The summed E-state index contributed by atoms with van der Waals surface area (Å²) in [6.07, 6.45) is 9.48. The number of halogens is 4. The number of carboxylic acid groups (broad SMARTS) is 1. The fourth-order valence-electron chi connectivity index (χ4n) is 14.8. The van der Waals surface area contributed by atoms with Crippen molar-refractivity contribution in [3.05, 3.63) is 35.5 Å². The zero-order valence-corrected chi connectivity index (χ0v) is 35.0. The summed E-state index contributed by atoms with van der Waals surface area (Å²) < 4.78 is 79.3.